The maximum Gasteiger partial charge on any atom is 0.242 e. The van der Waals surface area contributed by atoms with Gasteiger partial charge in [0.25, 0.3) is 0 Å². The van der Waals surface area contributed by atoms with E-state index in [1.807, 2.05) is 11.5 Å². The molecule has 0 saturated heterocycles. The summed E-state index contributed by atoms with van der Waals surface area (Å²) in [5, 5.41) is 9.01. The van der Waals surface area contributed by atoms with Gasteiger partial charge in [-0.25, -0.2) is 17.7 Å². The van der Waals surface area contributed by atoms with Crippen LogP contribution in [0.4, 0.5) is 0 Å². The molecular weight excluding hydrogens is 392 g/mol. The Labute approximate surface area is 170 Å². The second-order valence-electron chi connectivity index (χ2n) is 6.48. The highest BCUT2D eigenvalue weighted by molar-refractivity contribution is 7.89. The van der Waals surface area contributed by atoms with Gasteiger partial charge < -0.3 is 14.0 Å². The Balaban J connectivity index is 1.95. The Morgan fingerprint density at radius 2 is 1.93 bits per heavy atom. The number of benzene rings is 2. The van der Waals surface area contributed by atoms with Crippen molar-refractivity contribution in [3.8, 4) is 17.6 Å². The summed E-state index contributed by atoms with van der Waals surface area (Å²) >= 11 is 0. The van der Waals surface area contributed by atoms with Crippen molar-refractivity contribution in [3.63, 3.8) is 0 Å². The molecule has 0 aliphatic carbocycles. The first-order valence-electron chi connectivity index (χ1n) is 8.94. The summed E-state index contributed by atoms with van der Waals surface area (Å²) in [4.78, 5) is 4.77. The summed E-state index contributed by atoms with van der Waals surface area (Å²) < 4.78 is 39.1. The molecule has 1 heterocycles. The number of sulfonamides is 1. The number of fused-ring (bicyclic) bond motifs is 1. The summed E-state index contributed by atoms with van der Waals surface area (Å²) in [6.45, 7) is 2.80. The minimum absolute atomic E-state index is 0.167. The van der Waals surface area contributed by atoms with Crippen molar-refractivity contribution >= 4 is 21.1 Å². The number of ether oxygens (including phenoxy) is 2. The van der Waals surface area contributed by atoms with Crippen LogP contribution in [0.25, 0.3) is 11.0 Å². The zero-order valence-corrected chi connectivity index (χ0v) is 17.5. The Morgan fingerprint density at radius 1 is 1.17 bits per heavy atom. The van der Waals surface area contributed by atoms with E-state index in [0.717, 1.165) is 5.52 Å². The molecule has 0 saturated carbocycles. The molecule has 0 radical (unpaired) electrons. The molecule has 0 atom stereocenters. The number of aryl methyl sites for hydroxylation is 1. The number of hydrogen-bond acceptors (Lipinski definition) is 6. The molecule has 0 unspecified atom stereocenters. The molecule has 1 aromatic heterocycles. The lowest BCUT2D eigenvalue weighted by atomic mass is 10.2. The molecule has 0 amide bonds. The molecule has 0 N–H and O–H groups in total. The summed E-state index contributed by atoms with van der Waals surface area (Å²) in [5.74, 6) is 1.62. The van der Waals surface area contributed by atoms with Crippen molar-refractivity contribution < 1.29 is 17.9 Å². The van der Waals surface area contributed by atoms with Crippen molar-refractivity contribution in [3.05, 3.63) is 47.8 Å². The topological polar surface area (TPSA) is 97.5 Å². The van der Waals surface area contributed by atoms with Gasteiger partial charge in [0, 0.05) is 26.7 Å². The molecule has 0 spiro atoms. The van der Waals surface area contributed by atoms with Crippen LogP contribution < -0.4 is 9.47 Å². The molecule has 2 aromatic carbocycles. The van der Waals surface area contributed by atoms with Gasteiger partial charge in [0.05, 0.1) is 34.7 Å². The molecule has 0 aliphatic heterocycles. The third kappa shape index (κ3) is 3.90. The quantitative estimate of drug-likeness (QED) is 0.590. The van der Waals surface area contributed by atoms with Crippen LogP contribution in [0.5, 0.6) is 11.5 Å². The van der Waals surface area contributed by atoms with Crippen molar-refractivity contribution in [1.82, 2.24) is 13.9 Å². The lowest BCUT2D eigenvalue weighted by Gasteiger charge is -2.12. The lowest BCUT2D eigenvalue weighted by Crippen LogP contribution is -2.22. The molecule has 8 nitrogen and oxygen atoms in total. The van der Waals surface area contributed by atoms with Crippen molar-refractivity contribution in [1.29, 1.82) is 5.26 Å². The normalized spacial score (nSPS) is 11.6. The number of methoxy groups -OCH3 is 1. The molecule has 3 rings (SSSR count). The predicted octanol–water partition coefficient (Wildman–Crippen LogP) is 2.77. The van der Waals surface area contributed by atoms with Crippen LogP contribution in [0.3, 0.4) is 0 Å². The highest BCUT2D eigenvalue weighted by atomic mass is 32.2. The first kappa shape index (κ1) is 20.6. The number of rotatable bonds is 7. The predicted molar refractivity (Wildman–Crippen MR) is 108 cm³/mol. The van der Waals surface area contributed by atoms with Gasteiger partial charge in [-0.3, -0.25) is 0 Å². The van der Waals surface area contributed by atoms with Crippen molar-refractivity contribution in [2.75, 3.05) is 21.2 Å². The van der Waals surface area contributed by atoms with E-state index in [0.29, 0.717) is 34.9 Å². The van der Waals surface area contributed by atoms with Gasteiger partial charge in [-0.05, 0) is 37.3 Å². The molecule has 9 heteroatoms. The molecule has 0 aliphatic rings. The summed E-state index contributed by atoms with van der Waals surface area (Å²) in [5.41, 5.74) is 1.89. The van der Waals surface area contributed by atoms with E-state index in [9.17, 15) is 8.42 Å². The van der Waals surface area contributed by atoms with Gasteiger partial charge in [0.15, 0.2) is 11.5 Å². The number of nitriles is 1. The van der Waals surface area contributed by atoms with E-state index in [4.69, 9.17) is 14.7 Å². The Morgan fingerprint density at radius 3 is 2.55 bits per heavy atom. The number of hydrogen-bond donors (Lipinski definition) is 0. The van der Waals surface area contributed by atoms with Crippen LogP contribution in [-0.4, -0.2) is 43.5 Å². The van der Waals surface area contributed by atoms with Gasteiger partial charge in [0.2, 0.25) is 10.0 Å². The standard InChI is InChI=1S/C20H22N4O4S/c1-5-24-17-8-7-15(29(25,26)23(2)3)11-16(17)22-20(24)13-28-18-9-6-14(12-21)10-19(18)27-4/h6-11H,5,13H2,1-4H3. The fraction of sp³-hybridized carbons (Fsp3) is 0.300. The van der Waals surface area contributed by atoms with Crippen LogP contribution in [0.15, 0.2) is 41.3 Å². The van der Waals surface area contributed by atoms with E-state index in [-0.39, 0.29) is 11.5 Å². The van der Waals surface area contributed by atoms with Crippen molar-refractivity contribution in [2.45, 2.75) is 25.0 Å². The van der Waals surface area contributed by atoms with Crippen LogP contribution >= 0.6 is 0 Å². The second-order valence-corrected chi connectivity index (χ2v) is 8.63. The lowest BCUT2D eigenvalue weighted by molar-refractivity contribution is 0.272. The third-order valence-corrected chi connectivity index (χ3v) is 6.35. The van der Waals surface area contributed by atoms with Gasteiger partial charge in [-0.2, -0.15) is 5.26 Å². The van der Waals surface area contributed by atoms with E-state index < -0.39 is 10.0 Å². The maximum absolute atomic E-state index is 12.4. The van der Waals surface area contributed by atoms with E-state index in [1.54, 1.807) is 36.4 Å². The zero-order valence-electron chi connectivity index (χ0n) is 16.7. The second kappa shape index (κ2) is 8.11. The monoisotopic (exact) mass is 414 g/mol. The number of nitrogens with zero attached hydrogens (tertiary/aromatic N) is 4. The highest BCUT2D eigenvalue weighted by Gasteiger charge is 2.20. The number of imidazole rings is 1. The molecule has 3 aromatic rings. The largest absolute Gasteiger partial charge is 0.493 e. The van der Waals surface area contributed by atoms with Gasteiger partial charge in [-0.15, -0.1) is 0 Å². The Bertz CT molecular complexity index is 1190. The molecular formula is C20H22N4O4S. The summed E-state index contributed by atoms with van der Waals surface area (Å²) in [6, 6.07) is 11.9. The van der Waals surface area contributed by atoms with Crippen LogP contribution in [0, 0.1) is 11.3 Å². The van der Waals surface area contributed by atoms with Gasteiger partial charge in [0.1, 0.15) is 12.4 Å². The smallest absolute Gasteiger partial charge is 0.242 e. The fourth-order valence-electron chi connectivity index (χ4n) is 2.99. The van der Waals surface area contributed by atoms with E-state index in [2.05, 4.69) is 11.1 Å². The summed E-state index contributed by atoms with van der Waals surface area (Å²) in [7, 11) is 0.961. The van der Waals surface area contributed by atoms with E-state index >= 15 is 0 Å². The average Bonchev–Trinajstić information content (AvgIpc) is 3.08. The van der Waals surface area contributed by atoms with Crippen LogP contribution in [0.2, 0.25) is 0 Å². The Hall–Kier alpha value is -3.09. The SMILES string of the molecule is CCn1c(COc2ccc(C#N)cc2OC)nc2cc(S(=O)(=O)N(C)C)ccc21. The van der Waals surface area contributed by atoms with Crippen LogP contribution in [0.1, 0.15) is 18.3 Å². The summed E-state index contributed by atoms with van der Waals surface area (Å²) in [6.07, 6.45) is 0. The Kier molecular flexibility index (Phi) is 5.77. The van der Waals surface area contributed by atoms with Crippen molar-refractivity contribution in [2.24, 2.45) is 0 Å². The minimum Gasteiger partial charge on any atom is -0.493 e. The maximum atomic E-state index is 12.4. The van der Waals surface area contributed by atoms with E-state index in [1.165, 1.54) is 25.5 Å². The van der Waals surface area contributed by atoms with Gasteiger partial charge in [-0.1, -0.05) is 0 Å². The molecule has 0 bridgehead atoms. The molecule has 152 valence electrons. The third-order valence-electron chi connectivity index (χ3n) is 4.54. The first-order valence-corrected chi connectivity index (χ1v) is 10.4. The fourth-order valence-corrected chi connectivity index (χ4v) is 3.91. The minimum atomic E-state index is -3.54. The zero-order chi connectivity index (χ0) is 21.2. The van der Waals surface area contributed by atoms with Crippen LogP contribution in [-0.2, 0) is 23.2 Å². The van der Waals surface area contributed by atoms with Gasteiger partial charge >= 0.3 is 0 Å². The molecule has 29 heavy (non-hydrogen) atoms. The first-order chi connectivity index (χ1) is 13.8. The highest BCUT2D eigenvalue weighted by Crippen LogP contribution is 2.29. The molecule has 0 fully saturated rings. The average molecular weight is 414 g/mol. The number of aromatic nitrogens is 2.